The molecule has 54 heavy (non-hydrogen) atoms. The first kappa shape index (κ1) is 40.6. The molecule has 4 nitrogen and oxygen atoms in total. The minimum atomic E-state index is 0. The molecule has 5 radical (unpaired) electrons. The van der Waals surface area contributed by atoms with Crippen molar-refractivity contribution in [2.24, 2.45) is 0 Å². The van der Waals surface area contributed by atoms with Crippen molar-refractivity contribution in [1.82, 2.24) is 19.5 Å². The van der Waals surface area contributed by atoms with Crippen LogP contribution in [0.15, 0.2) is 152 Å². The summed E-state index contributed by atoms with van der Waals surface area (Å²) in [6.45, 7) is 6.44. The molecule has 0 saturated heterocycles. The van der Waals surface area contributed by atoms with Gasteiger partial charge in [-0.2, -0.15) is 5.56 Å². The second-order valence-corrected chi connectivity index (χ2v) is 13.4. The van der Waals surface area contributed by atoms with Crippen LogP contribution in [0.1, 0.15) is 26.5 Å². The van der Waals surface area contributed by atoms with Crippen LogP contribution >= 0.6 is 0 Å². The van der Waals surface area contributed by atoms with Gasteiger partial charge in [-0.15, -0.1) is 54.1 Å². The van der Waals surface area contributed by atoms with Crippen molar-refractivity contribution in [3.63, 3.8) is 0 Å². The van der Waals surface area contributed by atoms with Crippen molar-refractivity contribution >= 4 is 41.0 Å². The van der Waals surface area contributed by atoms with Crippen LogP contribution in [0.4, 0.5) is 0 Å². The van der Waals surface area contributed by atoms with Gasteiger partial charge in [0, 0.05) is 84.2 Å². The van der Waals surface area contributed by atoms with Crippen molar-refractivity contribution in [3.05, 3.63) is 182 Å². The zero-order valence-corrected chi connectivity index (χ0v) is 35.4. The van der Waals surface area contributed by atoms with Gasteiger partial charge in [0.15, 0.2) is 0 Å². The third-order valence-electron chi connectivity index (χ3n) is 8.88. The maximum absolute atomic E-state index is 4.98. The fraction of sp³-hybridized carbons (Fsp3) is 0.0851. The van der Waals surface area contributed by atoms with Crippen molar-refractivity contribution in [2.75, 3.05) is 0 Å². The van der Waals surface area contributed by atoms with Crippen LogP contribution in [0, 0.1) is 24.3 Å². The maximum atomic E-state index is 4.98. The summed E-state index contributed by atoms with van der Waals surface area (Å²) in [4.78, 5) is 13.8. The molecule has 0 amide bonds. The molecule has 261 valence electrons. The van der Waals surface area contributed by atoms with E-state index in [-0.39, 0.29) is 66.6 Å². The molecule has 0 saturated carbocycles. The number of imidazole rings is 1. The molecule has 7 heteroatoms. The molecule has 0 fully saturated rings. The van der Waals surface area contributed by atoms with E-state index in [0.717, 1.165) is 56.3 Å². The van der Waals surface area contributed by atoms with Crippen molar-refractivity contribution in [1.29, 1.82) is 0 Å². The summed E-state index contributed by atoms with van der Waals surface area (Å²) in [5, 5.41) is 4.88. The van der Waals surface area contributed by atoms with E-state index in [1.54, 1.807) is 0 Å². The van der Waals surface area contributed by atoms with Crippen molar-refractivity contribution in [3.8, 4) is 39.6 Å². The Morgan fingerprint density at radius 3 is 2.15 bits per heavy atom. The van der Waals surface area contributed by atoms with Crippen LogP contribution in [-0.4, -0.2) is 27.9 Å². The Morgan fingerprint density at radius 1 is 0.611 bits per heavy atom. The third-order valence-corrected chi connectivity index (χ3v) is 8.88. The number of para-hydroxylation sites is 3. The fourth-order valence-corrected chi connectivity index (χ4v) is 6.27. The van der Waals surface area contributed by atoms with Gasteiger partial charge in [0.1, 0.15) is 0 Å². The summed E-state index contributed by atoms with van der Waals surface area (Å²) in [6, 6.07) is 63.0. The van der Waals surface area contributed by atoms with Gasteiger partial charge in [-0.05, 0) is 46.9 Å². The molecule has 9 aromatic rings. The van der Waals surface area contributed by atoms with E-state index in [0.29, 0.717) is 0 Å². The quantitative estimate of drug-likeness (QED) is 0.100. The number of benzene rings is 7. The molecule has 0 atom stereocenters. The molecular formula is C47H34BIrN4Y-4. The van der Waals surface area contributed by atoms with Gasteiger partial charge in [0.2, 0.25) is 0 Å². The first-order chi connectivity index (χ1) is 24.9. The first-order valence-electron chi connectivity index (χ1n) is 17.0. The predicted molar refractivity (Wildman–Crippen MR) is 214 cm³/mol. The Labute approximate surface area is 357 Å². The first-order valence-corrected chi connectivity index (χ1v) is 17.0. The van der Waals surface area contributed by atoms with Crippen LogP contribution in [0.2, 0.25) is 0 Å². The van der Waals surface area contributed by atoms with Gasteiger partial charge in [-0.3, -0.25) is 33.2 Å². The number of hydrogen-bond donors (Lipinski definition) is 0. The Hall–Kier alpha value is -4.57. The van der Waals surface area contributed by atoms with E-state index in [4.69, 9.17) is 4.98 Å². The summed E-state index contributed by atoms with van der Waals surface area (Å²) in [7, 11) is 0. The normalized spacial score (nSPS) is 10.8. The molecule has 0 bridgehead atoms. The number of hydrogen-bond acceptors (Lipinski definition) is 3. The Morgan fingerprint density at radius 2 is 1.35 bits per heavy atom. The van der Waals surface area contributed by atoms with E-state index in [9.17, 15) is 0 Å². The van der Waals surface area contributed by atoms with Gasteiger partial charge in [-0.1, -0.05) is 98.3 Å². The van der Waals surface area contributed by atoms with E-state index < -0.39 is 0 Å². The molecule has 0 aliphatic carbocycles. The van der Waals surface area contributed by atoms with Crippen molar-refractivity contribution in [2.45, 2.75) is 26.2 Å². The van der Waals surface area contributed by atoms with Crippen LogP contribution in [0.25, 0.3) is 72.2 Å². The maximum Gasteiger partial charge on any atom is 0.0751 e. The average Bonchev–Trinajstić information content (AvgIpc) is 3.58. The summed E-state index contributed by atoms with van der Waals surface area (Å²) in [6.07, 6.45) is 1.81. The Kier molecular flexibility index (Phi) is 13.3. The summed E-state index contributed by atoms with van der Waals surface area (Å²) in [5.74, 6) is 1.57. The molecule has 2 aromatic heterocycles. The number of aromatic nitrogens is 4. The molecule has 0 aliphatic rings. The summed E-state index contributed by atoms with van der Waals surface area (Å²) >= 11 is 0. The molecule has 2 heterocycles. The van der Waals surface area contributed by atoms with E-state index in [1.807, 2.05) is 85.1 Å². The second-order valence-electron chi connectivity index (χ2n) is 13.4. The standard InChI is InChI=1S/C33H19N2.C14H15N2.B.Ir.Y/c1-2-12-28(13-3-1)35-32-16-7-6-15-31(32)34-33(35)27-11-8-10-25(21-27)26-20-19-24-18-17-23-9-4-5-14-29(23)30(24)22-26;1-14(2,3)12-9-10-15-13(16-12)11-7-5-4-6-8-11;;;/h1-10,12-19,22H;4-7,9-10H,1-3H3;;;/q-3;-1;;;. The smallest absolute Gasteiger partial charge is 0.0751 e. The molecular weight excluding hydrogens is 912 g/mol. The van der Waals surface area contributed by atoms with E-state index in [1.165, 1.54) is 21.5 Å². The number of rotatable bonds is 4. The van der Waals surface area contributed by atoms with Crippen LogP contribution in [0.3, 0.4) is 0 Å². The van der Waals surface area contributed by atoms with Crippen LogP contribution in [-0.2, 0) is 58.2 Å². The average molecular weight is 947 g/mol. The predicted octanol–water partition coefficient (Wildman–Crippen LogP) is 10.9. The van der Waals surface area contributed by atoms with Crippen molar-refractivity contribution < 1.29 is 52.8 Å². The molecule has 0 N–H and O–H groups in total. The zero-order chi connectivity index (χ0) is 34.8. The third kappa shape index (κ3) is 8.54. The van der Waals surface area contributed by atoms with E-state index in [2.05, 4.69) is 126 Å². The van der Waals surface area contributed by atoms with E-state index >= 15 is 0 Å². The van der Waals surface area contributed by atoms with Gasteiger partial charge in [-0.25, -0.2) is 6.07 Å². The fourth-order valence-electron chi connectivity index (χ4n) is 6.27. The minimum Gasteiger partial charge on any atom is -0.374 e. The van der Waals surface area contributed by atoms with Gasteiger partial charge >= 0.3 is 0 Å². The Bertz CT molecular complexity index is 2640. The second kappa shape index (κ2) is 17.7. The largest absolute Gasteiger partial charge is 0.374 e. The molecule has 0 unspecified atom stereocenters. The number of nitrogens with zero attached hydrogens (tertiary/aromatic N) is 4. The molecule has 7 aromatic carbocycles. The summed E-state index contributed by atoms with van der Waals surface area (Å²) in [5.41, 5.74) is 7.91. The topological polar surface area (TPSA) is 43.6 Å². The van der Waals surface area contributed by atoms with Gasteiger partial charge in [0.25, 0.3) is 0 Å². The summed E-state index contributed by atoms with van der Waals surface area (Å²) < 4.78 is 2.18. The minimum absolute atomic E-state index is 0. The monoisotopic (exact) mass is 947 g/mol. The SMILES string of the molecule is CC(C)(C)c1ccnc(-c2[c-]cccc2)n1.[B].[Ir].[Y].[c-]1ccc(-c2[c-]cc3ccc4ccccc4c3c2)[c-]c1-c1nc2ccccc2n1-c1ccccc1. The molecule has 9 rings (SSSR count). The number of fused-ring (bicyclic) bond motifs is 4. The zero-order valence-electron chi connectivity index (χ0n) is 30.2. The van der Waals surface area contributed by atoms with Gasteiger partial charge in [0.05, 0.1) is 16.9 Å². The van der Waals surface area contributed by atoms with Crippen LogP contribution in [0.5, 0.6) is 0 Å². The Balaban J connectivity index is 0.000000252. The van der Waals surface area contributed by atoms with Crippen LogP contribution < -0.4 is 0 Å². The van der Waals surface area contributed by atoms with Gasteiger partial charge < -0.3 is 15.6 Å². The molecule has 0 spiro atoms. The molecule has 0 aliphatic heterocycles.